The molecular formula is C15H20N4. The molecule has 2 heterocycles. The maximum atomic E-state index is 5.97. The molecule has 2 aromatic rings. The monoisotopic (exact) mass is 256 g/mol. The van der Waals surface area contributed by atoms with Gasteiger partial charge >= 0.3 is 0 Å². The quantitative estimate of drug-likeness (QED) is 0.880. The van der Waals surface area contributed by atoms with E-state index >= 15 is 0 Å². The highest BCUT2D eigenvalue weighted by Crippen LogP contribution is 2.25. The van der Waals surface area contributed by atoms with Crippen molar-refractivity contribution in [3.63, 3.8) is 0 Å². The fourth-order valence-electron chi connectivity index (χ4n) is 1.86. The molecular weight excluding hydrogens is 236 g/mol. The summed E-state index contributed by atoms with van der Waals surface area (Å²) >= 11 is 0. The summed E-state index contributed by atoms with van der Waals surface area (Å²) < 4.78 is 0. The van der Waals surface area contributed by atoms with Crippen molar-refractivity contribution >= 4 is 11.4 Å². The summed E-state index contributed by atoms with van der Waals surface area (Å²) in [7, 11) is 0. The van der Waals surface area contributed by atoms with Crippen LogP contribution < -0.4 is 11.1 Å². The SMILES string of the molecule is CC(C)c1cc(N[C@@H](C)c2ccccn2)c(N)cn1. The molecule has 4 heteroatoms. The Morgan fingerprint density at radius 2 is 1.89 bits per heavy atom. The van der Waals surface area contributed by atoms with E-state index in [4.69, 9.17) is 5.73 Å². The molecule has 0 aromatic carbocycles. The van der Waals surface area contributed by atoms with Crippen LogP contribution >= 0.6 is 0 Å². The Labute approximate surface area is 114 Å². The Balaban J connectivity index is 2.21. The van der Waals surface area contributed by atoms with E-state index in [9.17, 15) is 0 Å². The van der Waals surface area contributed by atoms with E-state index < -0.39 is 0 Å². The van der Waals surface area contributed by atoms with Gasteiger partial charge in [-0.3, -0.25) is 9.97 Å². The van der Waals surface area contributed by atoms with E-state index in [1.54, 1.807) is 12.4 Å². The maximum Gasteiger partial charge on any atom is 0.0736 e. The van der Waals surface area contributed by atoms with Crippen molar-refractivity contribution in [1.29, 1.82) is 0 Å². The summed E-state index contributed by atoms with van der Waals surface area (Å²) in [5.41, 5.74) is 9.57. The molecule has 0 unspecified atom stereocenters. The first-order valence-electron chi connectivity index (χ1n) is 6.51. The molecule has 4 nitrogen and oxygen atoms in total. The van der Waals surface area contributed by atoms with E-state index in [0.717, 1.165) is 17.1 Å². The Hall–Kier alpha value is -2.10. The number of nitrogens with one attached hydrogen (secondary N) is 1. The maximum absolute atomic E-state index is 5.97. The van der Waals surface area contributed by atoms with Crippen LogP contribution in [0.25, 0.3) is 0 Å². The van der Waals surface area contributed by atoms with Crippen molar-refractivity contribution in [3.8, 4) is 0 Å². The zero-order chi connectivity index (χ0) is 13.8. The lowest BCUT2D eigenvalue weighted by Crippen LogP contribution is -2.10. The molecule has 0 spiro atoms. The number of anilines is 2. The normalized spacial score (nSPS) is 12.4. The van der Waals surface area contributed by atoms with Crippen molar-refractivity contribution in [1.82, 2.24) is 9.97 Å². The third-order valence-corrected chi connectivity index (χ3v) is 3.05. The van der Waals surface area contributed by atoms with Gasteiger partial charge in [0.2, 0.25) is 0 Å². The van der Waals surface area contributed by atoms with Gasteiger partial charge in [-0.15, -0.1) is 0 Å². The number of hydrogen-bond acceptors (Lipinski definition) is 4. The first-order valence-corrected chi connectivity index (χ1v) is 6.51. The summed E-state index contributed by atoms with van der Waals surface area (Å²) in [6.45, 7) is 6.30. The van der Waals surface area contributed by atoms with E-state index in [2.05, 4.69) is 36.1 Å². The number of nitrogens with zero attached hydrogens (tertiary/aromatic N) is 2. The van der Waals surface area contributed by atoms with Gasteiger partial charge in [0.15, 0.2) is 0 Å². The lowest BCUT2D eigenvalue weighted by molar-refractivity contribution is 0.814. The number of pyridine rings is 2. The fourth-order valence-corrected chi connectivity index (χ4v) is 1.86. The zero-order valence-electron chi connectivity index (χ0n) is 11.6. The highest BCUT2D eigenvalue weighted by Gasteiger charge is 2.10. The molecule has 19 heavy (non-hydrogen) atoms. The standard InChI is InChI=1S/C15H20N4/c1-10(2)14-8-15(12(16)9-18-14)19-11(3)13-6-4-5-7-17-13/h4-11H,16H2,1-3H3,(H,18,19)/t11-/m0/s1. The topological polar surface area (TPSA) is 63.8 Å². The van der Waals surface area contributed by atoms with Crippen molar-refractivity contribution in [3.05, 3.63) is 48.0 Å². The summed E-state index contributed by atoms with van der Waals surface area (Å²) in [5, 5.41) is 3.39. The molecule has 2 aromatic heterocycles. The Morgan fingerprint density at radius 1 is 1.11 bits per heavy atom. The Bertz CT molecular complexity index is 537. The van der Waals surface area contributed by atoms with Crippen LogP contribution in [0.1, 0.15) is 44.1 Å². The van der Waals surface area contributed by atoms with Crippen LogP contribution in [0.3, 0.4) is 0 Å². The van der Waals surface area contributed by atoms with Gasteiger partial charge in [-0.2, -0.15) is 0 Å². The van der Waals surface area contributed by atoms with Crippen molar-refractivity contribution in [2.45, 2.75) is 32.7 Å². The van der Waals surface area contributed by atoms with E-state index in [1.807, 2.05) is 24.3 Å². The number of nitrogen functional groups attached to an aromatic ring is 1. The minimum atomic E-state index is 0.103. The molecule has 0 saturated heterocycles. The summed E-state index contributed by atoms with van der Waals surface area (Å²) in [4.78, 5) is 8.68. The van der Waals surface area contributed by atoms with Crippen LogP contribution in [0.2, 0.25) is 0 Å². The number of hydrogen-bond donors (Lipinski definition) is 2. The Kier molecular flexibility index (Phi) is 4.00. The molecule has 3 N–H and O–H groups in total. The van der Waals surface area contributed by atoms with Crippen LogP contribution in [-0.2, 0) is 0 Å². The smallest absolute Gasteiger partial charge is 0.0736 e. The summed E-state index contributed by atoms with van der Waals surface area (Å²) in [6.07, 6.45) is 3.51. The number of rotatable bonds is 4. The number of aromatic nitrogens is 2. The van der Waals surface area contributed by atoms with Gasteiger partial charge in [0.05, 0.1) is 29.3 Å². The van der Waals surface area contributed by atoms with Crippen LogP contribution in [0.15, 0.2) is 36.7 Å². The minimum absolute atomic E-state index is 0.103. The third-order valence-electron chi connectivity index (χ3n) is 3.05. The second-order valence-corrected chi connectivity index (χ2v) is 4.97. The van der Waals surface area contributed by atoms with Gasteiger partial charge in [-0.1, -0.05) is 19.9 Å². The van der Waals surface area contributed by atoms with E-state index in [-0.39, 0.29) is 6.04 Å². The second kappa shape index (κ2) is 5.69. The van der Waals surface area contributed by atoms with E-state index in [1.165, 1.54) is 0 Å². The molecule has 0 aliphatic rings. The van der Waals surface area contributed by atoms with Gasteiger partial charge in [0, 0.05) is 11.9 Å². The largest absolute Gasteiger partial charge is 0.396 e. The van der Waals surface area contributed by atoms with Crippen LogP contribution in [0.5, 0.6) is 0 Å². The first kappa shape index (κ1) is 13.3. The molecule has 0 saturated carbocycles. The van der Waals surface area contributed by atoms with E-state index in [0.29, 0.717) is 11.6 Å². The van der Waals surface area contributed by atoms with Gasteiger partial charge in [-0.25, -0.2) is 0 Å². The molecule has 0 aliphatic carbocycles. The number of nitrogens with two attached hydrogens (primary N) is 1. The highest BCUT2D eigenvalue weighted by molar-refractivity contribution is 5.66. The molecule has 1 atom stereocenters. The molecule has 0 aliphatic heterocycles. The molecule has 0 fully saturated rings. The molecule has 100 valence electrons. The highest BCUT2D eigenvalue weighted by atomic mass is 15.0. The van der Waals surface area contributed by atoms with Crippen molar-refractivity contribution in [2.75, 3.05) is 11.1 Å². The third kappa shape index (κ3) is 3.22. The Morgan fingerprint density at radius 3 is 2.53 bits per heavy atom. The van der Waals surface area contributed by atoms with Gasteiger partial charge in [-0.05, 0) is 31.0 Å². The summed E-state index contributed by atoms with van der Waals surface area (Å²) in [5.74, 6) is 0.381. The predicted octanol–water partition coefficient (Wildman–Crippen LogP) is 3.36. The average molecular weight is 256 g/mol. The zero-order valence-corrected chi connectivity index (χ0v) is 11.6. The molecule has 0 amide bonds. The van der Waals surface area contributed by atoms with Crippen molar-refractivity contribution in [2.24, 2.45) is 0 Å². The lowest BCUT2D eigenvalue weighted by Gasteiger charge is -2.17. The fraction of sp³-hybridized carbons (Fsp3) is 0.333. The first-order chi connectivity index (χ1) is 9.08. The molecule has 0 bridgehead atoms. The molecule has 2 rings (SSSR count). The predicted molar refractivity (Wildman–Crippen MR) is 79.0 cm³/mol. The minimum Gasteiger partial charge on any atom is -0.396 e. The van der Waals surface area contributed by atoms with Crippen LogP contribution in [0, 0.1) is 0 Å². The molecule has 0 radical (unpaired) electrons. The van der Waals surface area contributed by atoms with Gasteiger partial charge in [0.25, 0.3) is 0 Å². The van der Waals surface area contributed by atoms with Crippen LogP contribution in [-0.4, -0.2) is 9.97 Å². The lowest BCUT2D eigenvalue weighted by atomic mass is 10.1. The van der Waals surface area contributed by atoms with Crippen molar-refractivity contribution < 1.29 is 0 Å². The van der Waals surface area contributed by atoms with Gasteiger partial charge < -0.3 is 11.1 Å². The second-order valence-electron chi connectivity index (χ2n) is 4.97. The average Bonchev–Trinajstić information content (AvgIpc) is 2.42. The van der Waals surface area contributed by atoms with Crippen LogP contribution in [0.4, 0.5) is 11.4 Å². The van der Waals surface area contributed by atoms with Gasteiger partial charge in [0.1, 0.15) is 0 Å². The summed E-state index contributed by atoms with van der Waals surface area (Å²) in [6, 6.07) is 8.01.